The molecule has 1 fully saturated rings. The summed E-state index contributed by atoms with van der Waals surface area (Å²) in [7, 11) is 0. The number of aromatic nitrogens is 1. The summed E-state index contributed by atoms with van der Waals surface area (Å²) in [5.41, 5.74) is 8.94. The molecule has 9 heteroatoms. The number of amides is 1. The topological polar surface area (TPSA) is 103 Å². The molecule has 5 heterocycles. The van der Waals surface area contributed by atoms with Crippen molar-refractivity contribution in [1.29, 1.82) is 0 Å². The number of pyridine rings is 1. The monoisotopic (exact) mass is 442 g/mol. The largest absolute Gasteiger partial charge is 0.467 e. The van der Waals surface area contributed by atoms with Crippen LogP contribution in [0.1, 0.15) is 40.4 Å². The highest BCUT2D eigenvalue weighted by molar-refractivity contribution is 7.21. The molecule has 1 amide bonds. The number of hydrogen-bond acceptors (Lipinski definition) is 8. The maximum atomic E-state index is 12.9. The number of ether oxygens (including phenoxy) is 2. The highest BCUT2D eigenvalue weighted by atomic mass is 32.1. The number of nitrogens with one attached hydrogen (secondary N) is 1. The fourth-order valence-corrected chi connectivity index (χ4v) is 5.25. The van der Waals surface area contributed by atoms with Gasteiger partial charge in [0, 0.05) is 30.5 Å². The molecule has 3 N–H and O–H groups in total. The molecule has 5 rings (SSSR count). The number of hydrogen-bond donors (Lipinski definition) is 2. The number of rotatable bonds is 4. The van der Waals surface area contributed by atoms with Gasteiger partial charge < -0.3 is 29.8 Å². The van der Waals surface area contributed by atoms with Crippen LogP contribution in [-0.4, -0.2) is 42.8 Å². The summed E-state index contributed by atoms with van der Waals surface area (Å²) < 4.78 is 16.9. The van der Waals surface area contributed by atoms with E-state index in [-0.39, 0.29) is 11.5 Å². The summed E-state index contributed by atoms with van der Waals surface area (Å²) in [6, 6.07) is 3.62. The van der Waals surface area contributed by atoms with Gasteiger partial charge in [0.25, 0.3) is 5.91 Å². The zero-order chi connectivity index (χ0) is 21.6. The van der Waals surface area contributed by atoms with Gasteiger partial charge in [-0.25, -0.2) is 4.98 Å². The Morgan fingerprint density at radius 2 is 2.13 bits per heavy atom. The first-order chi connectivity index (χ1) is 14.9. The van der Waals surface area contributed by atoms with Crippen LogP contribution in [0.2, 0.25) is 0 Å². The van der Waals surface area contributed by atoms with Crippen molar-refractivity contribution in [3.05, 3.63) is 40.2 Å². The van der Waals surface area contributed by atoms with Crippen LogP contribution in [0.5, 0.6) is 0 Å². The molecule has 1 saturated heterocycles. The van der Waals surface area contributed by atoms with E-state index >= 15 is 0 Å². The van der Waals surface area contributed by atoms with Gasteiger partial charge in [0.1, 0.15) is 21.3 Å². The van der Waals surface area contributed by atoms with Crippen LogP contribution in [0.25, 0.3) is 10.2 Å². The van der Waals surface area contributed by atoms with Gasteiger partial charge in [0.05, 0.1) is 43.9 Å². The maximum absolute atomic E-state index is 12.9. The number of morpholine rings is 1. The minimum atomic E-state index is -0.306. The summed E-state index contributed by atoms with van der Waals surface area (Å²) in [4.78, 5) is 21.4. The molecule has 2 aliphatic rings. The van der Waals surface area contributed by atoms with Gasteiger partial charge >= 0.3 is 0 Å². The number of carbonyl (C=O) groups excluding carboxylic acids is 1. The van der Waals surface area contributed by atoms with Crippen molar-refractivity contribution in [3.63, 3.8) is 0 Å². The second kappa shape index (κ2) is 7.81. The molecule has 0 unspecified atom stereocenters. The predicted octanol–water partition coefficient (Wildman–Crippen LogP) is 3.09. The predicted molar refractivity (Wildman–Crippen MR) is 120 cm³/mol. The summed E-state index contributed by atoms with van der Waals surface area (Å²) in [5, 5.41) is 3.78. The zero-order valence-corrected chi connectivity index (χ0v) is 18.5. The van der Waals surface area contributed by atoms with Gasteiger partial charge in [-0.1, -0.05) is 0 Å². The number of nitrogen functional groups attached to an aromatic ring is 1. The highest BCUT2D eigenvalue weighted by Crippen LogP contribution is 2.43. The van der Waals surface area contributed by atoms with Crippen molar-refractivity contribution in [2.75, 3.05) is 36.9 Å². The van der Waals surface area contributed by atoms with E-state index in [4.69, 9.17) is 24.6 Å². The molecule has 0 saturated carbocycles. The first-order valence-corrected chi connectivity index (χ1v) is 11.3. The van der Waals surface area contributed by atoms with Crippen LogP contribution in [0.3, 0.4) is 0 Å². The van der Waals surface area contributed by atoms with Crippen molar-refractivity contribution >= 4 is 39.0 Å². The third kappa shape index (κ3) is 3.77. The van der Waals surface area contributed by atoms with Crippen LogP contribution >= 0.6 is 11.3 Å². The molecule has 0 spiro atoms. The lowest BCUT2D eigenvalue weighted by atomic mass is 9.89. The number of fused-ring (bicyclic) bond motifs is 3. The number of furan rings is 1. The molecule has 0 aromatic carbocycles. The van der Waals surface area contributed by atoms with Crippen molar-refractivity contribution in [2.24, 2.45) is 0 Å². The summed E-state index contributed by atoms with van der Waals surface area (Å²) in [6.07, 6.45) is 2.30. The van der Waals surface area contributed by atoms with E-state index < -0.39 is 0 Å². The molecule has 0 aliphatic carbocycles. The minimum absolute atomic E-state index is 0.218. The first-order valence-electron chi connectivity index (χ1n) is 10.4. The lowest BCUT2D eigenvalue weighted by molar-refractivity contribution is -0.0396. The fraction of sp³-hybridized carbons (Fsp3) is 0.455. The molecule has 0 bridgehead atoms. The van der Waals surface area contributed by atoms with Gasteiger partial charge in [0.2, 0.25) is 0 Å². The fourth-order valence-electron chi connectivity index (χ4n) is 4.21. The molecule has 3 aromatic heterocycles. The van der Waals surface area contributed by atoms with E-state index in [1.54, 1.807) is 12.3 Å². The summed E-state index contributed by atoms with van der Waals surface area (Å²) in [6.45, 7) is 7.86. The third-order valence-corrected chi connectivity index (χ3v) is 6.90. The third-order valence-electron chi connectivity index (χ3n) is 5.80. The minimum Gasteiger partial charge on any atom is -0.467 e. The van der Waals surface area contributed by atoms with E-state index in [0.29, 0.717) is 49.1 Å². The van der Waals surface area contributed by atoms with E-state index in [9.17, 15) is 4.79 Å². The van der Waals surface area contributed by atoms with Crippen molar-refractivity contribution in [2.45, 2.75) is 39.0 Å². The Labute approximate surface area is 184 Å². The van der Waals surface area contributed by atoms with Crippen LogP contribution in [0, 0.1) is 0 Å². The SMILES string of the molecule is CC1(C)Cc2c(c(N3CCOCC3)nc3sc(C(=O)NCc4ccco4)c(N)c23)CO1. The van der Waals surface area contributed by atoms with E-state index in [0.717, 1.165) is 40.3 Å². The number of carbonyl (C=O) groups is 1. The Hall–Kier alpha value is -2.62. The lowest BCUT2D eigenvalue weighted by Crippen LogP contribution is -2.39. The molecular weight excluding hydrogens is 416 g/mol. The van der Waals surface area contributed by atoms with Gasteiger partial charge in [-0.15, -0.1) is 11.3 Å². The highest BCUT2D eigenvalue weighted by Gasteiger charge is 2.34. The Kier molecular flexibility index (Phi) is 5.11. The Balaban J connectivity index is 1.57. The van der Waals surface area contributed by atoms with Crippen LogP contribution in [0.15, 0.2) is 22.8 Å². The van der Waals surface area contributed by atoms with Crippen molar-refractivity contribution in [3.8, 4) is 0 Å². The summed E-state index contributed by atoms with van der Waals surface area (Å²) in [5.74, 6) is 1.40. The zero-order valence-electron chi connectivity index (χ0n) is 17.7. The molecule has 3 aromatic rings. The van der Waals surface area contributed by atoms with E-state index in [1.807, 2.05) is 6.07 Å². The van der Waals surface area contributed by atoms with Crippen LogP contribution < -0.4 is 16.0 Å². The average Bonchev–Trinajstić information content (AvgIpc) is 3.39. The van der Waals surface area contributed by atoms with Gasteiger partial charge in [-0.05, 0) is 31.5 Å². The van der Waals surface area contributed by atoms with Crippen LogP contribution in [-0.2, 0) is 29.0 Å². The number of thiophene rings is 1. The van der Waals surface area contributed by atoms with Gasteiger partial charge in [0.15, 0.2) is 0 Å². The van der Waals surface area contributed by atoms with E-state index in [2.05, 4.69) is 24.1 Å². The molecule has 31 heavy (non-hydrogen) atoms. The molecule has 2 aliphatic heterocycles. The summed E-state index contributed by atoms with van der Waals surface area (Å²) >= 11 is 1.34. The number of nitrogens with zero attached hydrogens (tertiary/aromatic N) is 2. The van der Waals surface area contributed by atoms with Crippen LogP contribution in [0.4, 0.5) is 11.5 Å². The van der Waals surface area contributed by atoms with Crippen molar-refractivity contribution in [1.82, 2.24) is 10.3 Å². The quantitative estimate of drug-likeness (QED) is 0.640. The molecule has 0 atom stereocenters. The van der Waals surface area contributed by atoms with E-state index in [1.165, 1.54) is 11.3 Å². The van der Waals surface area contributed by atoms with Gasteiger partial charge in [-0.2, -0.15) is 0 Å². The number of nitrogens with two attached hydrogens (primary N) is 1. The molecule has 0 radical (unpaired) electrons. The van der Waals surface area contributed by atoms with Crippen molar-refractivity contribution < 1.29 is 18.7 Å². The van der Waals surface area contributed by atoms with Gasteiger partial charge in [-0.3, -0.25) is 4.79 Å². The molecule has 164 valence electrons. The normalized spacial score (nSPS) is 18.2. The standard InChI is InChI=1S/C22H26N4O4S/c1-22(2)10-14-15(12-30-22)19(26-5-8-28-9-6-26)25-21-16(14)17(23)18(31-21)20(27)24-11-13-4-3-7-29-13/h3-4,7H,5-6,8-12,23H2,1-2H3,(H,24,27). The smallest absolute Gasteiger partial charge is 0.263 e. The lowest BCUT2D eigenvalue weighted by Gasteiger charge is -2.36. The first kappa shape index (κ1) is 20.3. The Morgan fingerprint density at radius 1 is 1.32 bits per heavy atom. The number of anilines is 2. The maximum Gasteiger partial charge on any atom is 0.263 e. The second-order valence-electron chi connectivity index (χ2n) is 8.50. The molecule has 8 nitrogen and oxygen atoms in total. The Morgan fingerprint density at radius 3 is 2.87 bits per heavy atom. The Bertz CT molecular complexity index is 1120. The molecular formula is C22H26N4O4S. The average molecular weight is 443 g/mol. The second-order valence-corrected chi connectivity index (χ2v) is 9.50.